The number of nitrogens with one attached hydrogen (secondary N) is 1. The standard InChI is InChI=1S/C20H31N5O4/c1-26-11-9-25(10-12-27-2)20-18(21)19(23-14-24-20)22-8-7-15-5-6-16(28-3)17(13-15)29-4/h5-6,13-14H,7-12,21H2,1-4H3,(H,22,23,24). The van der Waals surface area contributed by atoms with Crippen molar-refractivity contribution in [1.29, 1.82) is 0 Å². The number of benzene rings is 1. The molecule has 3 N–H and O–H groups in total. The predicted molar refractivity (Wildman–Crippen MR) is 114 cm³/mol. The molecule has 0 fully saturated rings. The number of nitrogen functional groups attached to an aromatic ring is 1. The zero-order valence-corrected chi connectivity index (χ0v) is 17.6. The molecule has 0 saturated carbocycles. The van der Waals surface area contributed by atoms with Gasteiger partial charge < -0.3 is 34.9 Å². The Balaban J connectivity index is 2.05. The van der Waals surface area contributed by atoms with Crippen molar-refractivity contribution in [3.8, 4) is 11.5 Å². The number of nitrogens with zero attached hydrogens (tertiary/aromatic N) is 3. The minimum absolute atomic E-state index is 0.506. The molecule has 0 aliphatic carbocycles. The zero-order valence-electron chi connectivity index (χ0n) is 17.6. The van der Waals surface area contributed by atoms with E-state index in [1.54, 1.807) is 28.4 Å². The second-order valence-corrected chi connectivity index (χ2v) is 6.30. The monoisotopic (exact) mass is 405 g/mol. The van der Waals surface area contributed by atoms with Crippen LogP contribution < -0.4 is 25.4 Å². The van der Waals surface area contributed by atoms with Gasteiger partial charge in [0.25, 0.3) is 0 Å². The third-order valence-electron chi connectivity index (χ3n) is 4.45. The highest BCUT2D eigenvalue weighted by molar-refractivity contribution is 5.74. The molecule has 9 nitrogen and oxygen atoms in total. The first-order chi connectivity index (χ1) is 14.1. The number of rotatable bonds is 13. The van der Waals surface area contributed by atoms with E-state index >= 15 is 0 Å². The normalized spacial score (nSPS) is 10.6. The third-order valence-corrected chi connectivity index (χ3v) is 4.45. The molecular weight excluding hydrogens is 374 g/mol. The fraction of sp³-hybridized carbons (Fsp3) is 0.500. The van der Waals surface area contributed by atoms with Gasteiger partial charge in [0.1, 0.15) is 12.0 Å². The molecule has 1 aromatic heterocycles. The van der Waals surface area contributed by atoms with Gasteiger partial charge >= 0.3 is 0 Å². The maximum absolute atomic E-state index is 6.34. The van der Waals surface area contributed by atoms with Gasteiger partial charge in [-0.15, -0.1) is 0 Å². The molecule has 0 amide bonds. The first-order valence-corrected chi connectivity index (χ1v) is 9.42. The van der Waals surface area contributed by atoms with Crippen LogP contribution in [-0.4, -0.2) is 71.3 Å². The molecule has 0 aliphatic rings. The maximum atomic E-state index is 6.34. The summed E-state index contributed by atoms with van der Waals surface area (Å²) in [6.07, 6.45) is 2.28. The number of hydrogen-bond donors (Lipinski definition) is 2. The summed E-state index contributed by atoms with van der Waals surface area (Å²) in [5.41, 5.74) is 7.97. The molecule has 0 aliphatic heterocycles. The first kappa shape index (κ1) is 22.5. The van der Waals surface area contributed by atoms with Crippen molar-refractivity contribution in [1.82, 2.24) is 9.97 Å². The Morgan fingerprint density at radius 3 is 2.28 bits per heavy atom. The molecule has 0 unspecified atom stereocenters. The lowest BCUT2D eigenvalue weighted by molar-refractivity contribution is 0.190. The van der Waals surface area contributed by atoms with E-state index in [2.05, 4.69) is 15.3 Å². The highest BCUT2D eigenvalue weighted by atomic mass is 16.5. The molecule has 1 aromatic carbocycles. The highest BCUT2D eigenvalue weighted by Crippen LogP contribution is 2.28. The summed E-state index contributed by atoms with van der Waals surface area (Å²) in [6.45, 7) is 3.11. The summed E-state index contributed by atoms with van der Waals surface area (Å²) >= 11 is 0. The van der Waals surface area contributed by atoms with E-state index < -0.39 is 0 Å². The van der Waals surface area contributed by atoms with Crippen molar-refractivity contribution in [2.24, 2.45) is 0 Å². The second kappa shape index (κ2) is 11.9. The van der Waals surface area contributed by atoms with Crippen molar-refractivity contribution in [3.63, 3.8) is 0 Å². The molecule has 160 valence electrons. The number of ether oxygens (including phenoxy) is 4. The quantitative estimate of drug-likeness (QED) is 0.516. The zero-order chi connectivity index (χ0) is 21.1. The van der Waals surface area contributed by atoms with Crippen LogP contribution in [0.3, 0.4) is 0 Å². The van der Waals surface area contributed by atoms with Crippen molar-refractivity contribution in [2.45, 2.75) is 6.42 Å². The van der Waals surface area contributed by atoms with Crippen LogP contribution in [0.1, 0.15) is 5.56 Å². The van der Waals surface area contributed by atoms with E-state index in [1.807, 2.05) is 23.1 Å². The number of nitrogens with two attached hydrogens (primary N) is 1. The number of aromatic nitrogens is 2. The van der Waals surface area contributed by atoms with Crippen molar-refractivity contribution in [3.05, 3.63) is 30.1 Å². The van der Waals surface area contributed by atoms with Gasteiger partial charge in [0.2, 0.25) is 0 Å². The molecule has 0 atom stereocenters. The van der Waals surface area contributed by atoms with Gasteiger partial charge in [0.05, 0.1) is 27.4 Å². The number of methoxy groups -OCH3 is 4. The van der Waals surface area contributed by atoms with Crippen LogP contribution >= 0.6 is 0 Å². The van der Waals surface area contributed by atoms with Gasteiger partial charge in [-0.2, -0.15) is 0 Å². The lowest BCUT2D eigenvalue weighted by atomic mass is 10.1. The molecule has 1 heterocycles. The maximum Gasteiger partial charge on any atom is 0.160 e. The van der Waals surface area contributed by atoms with E-state index in [-0.39, 0.29) is 0 Å². The average Bonchev–Trinajstić information content (AvgIpc) is 2.75. The molecule has 2 rings (SSSR count). The smallest absolute Gasteiger partial charge is 0.160 e. The molecule has 9 heteroatoms. The van der Waals surface area contributed by atoms with Crippen LogP contribution in [0.2, 0.25) is 0 Å². The molecule has 2 aromatic rings. The van der Waals surface area contributed by atoms with Crippen molar-refractivity contribution in [2.75, 3.05) is 77.2 Å². The van der Waals surface area contributed by atoms with Gasteiger partial charge in [-0.1, -0.05) is 6.07 Å². The Hall–Kier alpha value is -2.78. The number of hydrogen-bond acceptors (Lipinski definition) is 9. The minimum Gasteiger partial charge on any atom is -0.493 e. The summed E-state index contributed by atoms with van der Waals surface area (Å²) in [7, 11) is 6.58. The predicted octanol–water partition coefficient (Wildman–Crippen LogP) is 1.83. The van der Waals surface area contributed by atoms with E-state index in [0.29, 0.717) is 61.7 Å². The Morgan fingerprint density at radius 2 is 1.66 bits per heavy atom. The van der Waals surface area contributed by atoms with Gasteiger partial charge in [0.15, 0.2) is 23.1 Å². The summed E-state index contributed by atoms with van der Waals surface area (Å²) in [6, 6.07) is 5.87. The van der Waals surface area contributed by atoms with E-state index in [4.69, 9.17) is 24.7 Å². The molecular formula is C20H31N5O4. The SMILES string of the molecule is COCCN(CCOC)c1ncnc(NCCc2ccc(OC)c(OC)c2)c1N. The fourth-order valence-electron chi connectivity index (χ4n) is 2.87. The lowest BCUT2D eigenvalue weighted by Crippen LogP contribution is -2.32. The van der Waals surface area contributed by atoms with E-state index in [9.17, 15) is 0 Å². The van der Waals surface area contributed by atoms with Crippen LogP contribution in [0.15, 0.2) is 24.5 Å². The summed E-state index contributed by atoms with van der Waals surface area (Å²) in [5, 5.41) is 3.30. The first-order valence-electron chi connectivity index (χ1n) is 9.42. The average molecular weight is 405 g/mol. The fourth-order valence-corrected chi connectivity index (χ4v) is 2.87. The molecule has 0 bridgehead atoms. The lowest BCUT2D eigenvalue weighted by Gasteiger charge is -2.25. The summed E-state index contributed by atoms with van der Waals surface area (Å²) < 4.78 is 21.0. The second-order valence-electron chi connectivity index (χ2n) is 6.30. The van der Waals surface area contributed by atoms with Crippen molar-refractivity contribution < 1.29 is 18.9 Å². The Morgan fingerprint density at radius 1 is 0.966 bits per heavy atom. The minimum atomic E-state index is 0.506. The summed E-state index contributed by atoms with van der Waals surface area (Å²) in [4.78, 5) is 10.7. The Labute approximate surface area is 172 Å². The molecule has 0 spiro atoms. The van der Waals surface area contributed by atoms with Crippen molar-refractivity contribution >= 4 is 17.3 Å². The van der Waals surface area contributed by atoms with E-state index in [1.165, 1.54) is 6.33 Å². The summed E-state index contributed by atoms with van der Waals surface area (Å²) in [5.74, 6) is 2.69. The van der Waals surface area contributed by atoms with Crippen LogP contribution in [-0.2, 0) is 15.9 Å². The van der Waals surface area contributed by atoms with Gasteiger partial charge in [0, 0.05) is 33.9 Å². The van der Waals surface area contributed by atoms with Gasteiger partial charge in [-0.3, -0.25) is 0 Å². The third kappa shape index (κ3) is 6.37. The Bertz CT molecular complexity index is 752. The highest BCUT2D eigenvalue weighted by Gasteiger charge is 2.15. The Kier molecular flexibility index (Phi) is 9.26. The van der Waals surface area contributed by atoms with Gasteiger partial charge in [-0.05, 0) is 24.1 Å². The van der Waals surface area contributed by atoms with Crippen LogP contribution in [0.5, 0.6) is 11.5 Å². The topological polar surface area (TPSA) is 104 Å². The largest absolute Gasteiger partial charge is 0.493 e. The molecule has 0 radical (unpaired) electrons. The van der Waals surface area contributed by atoms with E-state index in [0.717, 1.165) is 12.0 Å². The molecule has 29 heavy (non-hydrogen) atoms. The van der Waals surface area contributed by atoms with Crippen LogP contribution in [0.25, 0.3) is 0 Å². The number of anilines is 3. The van der Waals surface area contributed by atoms with Gasteiger partial charge in [-0.25, -0.2) is 9.97 Å². The van der Waals surface area contributed by atoms with Crippen LogP contribution in [0, 0.1) is 0 Å². The molecule has 0 saturated heterocycles. The van der Waals surface area contributed by atoms with Crippen LogP contribution in [0.4, 0.5) is 17.3 Å².